The standard InChI is InChI=1S/C40H25N5/c1-5-15-34-28(10-1)29-11-2-6-16-35(29)43(34)26-19-21-38-33(24-26)31-13-4-8-18-37(31)45(38)39-22-20-27(25-42-39)44-36-17-7-3-12-30(36)32-14-9-23-41-40(32)44/h1-25H. The molecule has 45 heavy (non-hydrogen) atoms. The van der Waals surface area contributed by atoms with E-state index in [1.54, 1.807) is 0 Å². The third kappa shape index (κ3) is 3.38. The highest BCUT2D eigenvalue weighted by molar-refractivity contribution is 6.12. The zero-order valence-electron chi connectivity index (χ0n) is 24.2. The van der Waals surface area contributed by atoms with Gasteiger partial charge in [-0.25, -0.2) is 9.97 Å². The molecule has 0 fully saturated rings. The van der Waals surface area contributed by atoms with E-state index in [-0.39, 0.29) is 0 Å². The maximum absolute atomic E-state index is 5.05. The Labute approximate surface area is 257 Å². The van der Waals surface area contributed by atoms with Crippen LogP contribution in [0, 0.1) is 0 Å². The summed E-state index contributed by atoms with van der Waals surface area (Å²) < 4.78 is 6.85. The van der Waals surface area contributed by atoms with Crippen molar-refractivity contribution in [3.63, 3.8) is 0 Å². The van der Waals surface area contributed by atoms with E-state index in [0.717, 1.165) is 44.8 Å². The van der Waals surface area contributed by atoms with Crippen molar-refractivity contribution in [3.05, 3.63) is 152 Å². The monoisotopic (exact) mass is 575 g/mol. The summed E-state index contributed by atoms with van der Waals surface area (Å²) >= 11 is 0. The van der Waals surface area contributed by atoms with Crippen LogP contribution in [0.25, 0.3) is 82.7 Å². The number of pyridine rings is 2. The molecule has 0 N–H and O–H groups in total. The van der Waals surface area contributed by atoms with E-state index in [1.807, 2.05) is 18.5 Å². The normalized spacial score (nSPS) is 12.0. The highest BCUT2D eigenvalue weighted by atomic mass is 15.1. The number of rotatable bonds is 3. The topological polar surface area (TPSA) is 40.6 Å². The second-order valence-electron chi connectivity index (χ2n) is 11.5. The molecule has 0 radical (unpaired) electrons. The molecule has 5 aromatic heterocycles. The van der Waals surface area contributed by atoms with E-state index >= 15 is 0 Å². The Morgan fingerprint density at radius 1 is 0.356 bits per heavy atom. The summed E-state index contributed by atoms with van der Waals surface area (Å²) in [5.41, 5.74) is 8.85. The average Bonchev–Trinajstić information content (AvgIpc) is 3.74. The molecule has 5 nitrogen and oxygen atoms in total. The molecule has 0 aliphatic rings. The summed E-state index contributed by atoms with van der Waals surface area (Å²) in [7, 11) is 0. The highest BCUT2D eigenvalue weighted by Gasteiger charge is 2.18. The quantitative estimate of drug-likeness (QED) is 0.210. The lowest BCUT2D eigenvalue weighted by atomic mass is 10.1. The minimum absolute atomic E-state index is 0.878. The zero-order valence-corrected chi connectivity index (χ0v) is 24.2. The summed E-state index contributed by atoms with van der Waals surface area (Å²) in [6.45, 7) is 0. The molecular formula is C40H25N5. The van der Waals surface area contributed by atoms with Crippen LogP contribution < -0.4 is 0 Å². The first-order valence-electron chi connectivity index (χ1n) is 15.2. The Bertz CT molecular complexity index is 2650. The van der Waals surface area contributed by atoms with Crippen molar-refractivity contribution in [1.29, 1.82) is 0 Å². The van der Waals surface area contributed by atoms with Gasteiger partial charge in [-0.15, -0.1) is 0 Å². The Kier molecular flexibility index (Phi) is 4.93. The summed E-state index contributed by atoms with van der Waals surface area (Å²) in [5, 5.41) is 7.25. The Hall–Kier alpha value is -6.20. The molecule has 210 valence electrons. The summed E-state index contributed by atoms with van der Waals surface area (Å²) in [6, 6.07) is 49.6. The van der Waals surface area contributed by atoms with Gasteiger partial charge in [-0.1, -0.05) is 72.8 Å². The summed E-state index contributed by atoms with van der Waals surface area (Å²) in [4.78, 5) is 9.80. The fourth-order valence-electron chi connectivity index (χ4n) is 7.25. The smallest absolute Gasteiger partial charge is 0.145 e. The lowest BCUT2D eigenvalue weighted by Crippen LogP contribution is -2.01. The largest absolute Gasteiger partial charge is 0.309 e. The summed E-state index contributed by atoms with van der Waals surface area (Å²) in [6.07, 6.45) is 3.81. The summed E-state index contributed by atoms with van der Waals surface area (Å²) in [5.74, 6) is 0.878. The second kappa shape index (κ2) is 9.15. The molecular weight excluding hydrogens is 550 g/mol. The van der Waals surface area contributed by atoms with Crippen LogP contribution in [0.15, 0.2) is 152 Å². The van der Waals surface area contributed by atoms with Crippen molar-refractivity contribution < 1.29 is 0 Å². The van der Waals surface area contributed by atoms with Gasteiger partial charge in [0.25, 0.3) is 0 Å². The lowest BCUT2D eigenvalue weighted by molar-refractivity contribution is 1.05. The van der Waals surface area contributed by atoms with Gasteiger partial charge in [0.15, 0.2) is 0 Å². The number of para-hydroxylation sites is 4. The van der Waals surface area contributed by atoms with Gasteiger partial charge in [0, 0.05) is 44.2 Å². The molecule has 0 spiro atoms. The first-order chi connectivity index (χ1) is 22.3. The van der Waals surface area contributed by atoms with Crippen molar-refractivity contribution >= 4 is 65.5 Å². The number of hydrogen-bond donors (Lipinski definition) is 0. The van der Waals surface area contributed by atoms with Gasteiger partial charge in [-0.3, -0.25) is 9.13 Å². The van der Waals surface area contributed by atoms with Gasteiger partial charge in [0.05, 0.1) is 39.5 Å². The number of nitrogens with zero attached hydrogens (tertiary/aromatic N) is 5. The van der Waals surface area contributed by atoms with Gasteiger partial charge in [0.2, 0.25) is 0 Å². The van der Waals surface area contributed by atoms with Crippen LogP contribution in [-0.2, 0) is 0 Å². The molecule has 0 bridgehead atoms. The average molecular weight is 576 g/mol. The van der Waals surface area contributed by atoms with Gasteiger partial charge >= 0.3 is 0 Å². The number of hydrogen-bond acceptors (Lipinski definition) is 2. The van der Waals surface area contributed by atoms with E-state index in [4.69, 9.17) is 9.97 Å². The second-order valence-corrected chi connectivity index (χ2v) is 11.5. The van der Waals surface area contributed by atoms with Crippen molar-refractivity contribution in [3.8, 4) is 17.2 Å². The van der Waals surface area contributed by atoms with Gasteiger partial charge < -0.3 is 4.57 Å². The van der Waals surface area contributed by atoms with Gasteiger partial charge in [-0.2, -0.15) is 0 Å². The van der Waals surface area contributed by atoms with E-state index in [1.165, 1.54) is 38.0 Å². The van der Waals surface area contributed by atoms with E-state index in [0.29, 0.717) is 0 Å². The number of benzene rings is 5. The van der Waals surface area contributed by atoms with Crippen molar-refractivity contribution in [2.45, 2.75) is 0 Å². The predicted molar refractivity (Wildman–Crippen MR) is 185 cm³/mol. The Morgan fingerprint density at radius 2 is 0.867 bits per heavy atom. The van der Waals surface area contributed by atoms with Crippen molar-refractivity contribution in [2.24, 2.45) is 0 Å². The number of fused-ring (bicyclic) bond motifs is 9. The van der Waals surface area contributed by atoms with Crippen LogP contribution in [0.1, 0.15) is 0 Å². The van der Waals surface area contributed by atoms with Crippen LogP contribution in [-0.4, -0.2) is 23.7 Å². The Balaban J connectivity index is 1.17. The van der Waals surface area contributed by atoms with Crippen LogP contribution in [0.2, 0.25) is 0 Å². The van der Waals surface area contributed by atoms with Crippen LogP contribution in [0.4, 0.5) is 0 Å². The number of aromatic nitrogens is 5. The Morgan fingerprint density at radius 3 is 1.51 bits per heavy atom. The molecule has 0 unspecified atom stereocenters. The molecule has 5 heterocycles. The predicted octanol–water partition coefficient (Wildman–Crippen LogP) is 9.77. The first kappa shape index (κ1) is 24.3. The first-order valence-corrected chi connectivity index (χ1v) is 15.2. The third-order valence-electron chi connectivity index (χ3n) is 9.15. The van der Waals surface area contributed by atoms with E-state index in [9.17, 15) is 0 Å². The molecule has 5 heteroatoms. The van der Waals surface area contributed by atoms with Crippen molar-refractivity contribution in [2.75, 3.05) is 0 Å². The molecule has 0 atom stereocenters. The van der Waals surface area contributed by atoms with Crippen LogP contribution in [0.3, 0.4) is 0 Å². The van der Waals surface area contributed by atoms with Crippen molar-refractivity contribution in [1.82, 2.24) is 23.7 Å². The van der Waals surface area contributed by atoms with Gasteiger partial charge in [-0.05, 0) is 66.7 Å². The molecule has 0 aliphatic heterocycles. The maximum atomic E-state index is 5.05. The van der Waals surface area contributed by atoms with Gasteiger partial charge in [0.1, 0.15) is 11.5 Å². The molecule has 10 rings (SSSR count). The SMILES string of the molecule is c1ccc2c(c1)c1ccccc1n2-c1ccc2c(c1)c1ccccc1n2-c1ccc(-n2c3ccccc3c3cccnc32)cn1. The lowest BCUT2D eigenvalue weighted by Gasteiger charge is -2.11. The molecule has 0 aliphatic carbocycles. The molecule has 5 aromatic carbocycles. The zero-order chi connectivity index (χ0) is 29.5. The molecule has 0 saturated carbocycles. The van der Waals surface area contributed by atoms with Crippen LogP contribution in [0.5, 0.6) is 0 Å². The highest BCUT2D eigenvalue weighted by Crippen LogP contribution is 2.37. The van der Waals surface area contributed by atoms with E-state index in [2.05, 4.69) is 147 Å². The minimum atomic E-state index is 0.878. The molecule has 10 aromatic rings. The minimum Gasteiger partial charge on any atom is -0.309 e. The van der Waals surface area contributed by atoms with E-state index < -0.39 is 0 Å². The van der Waals surface area contributed by atoms with Crippen LogP contribution >= 0.6 is 0 Å². The third-order valence-corrected chi connectivity index (χ3v) is 9.15. The fraction of sp³-hybridized carbons (Fsp3) is 0. The molecule has 0 saturated heterocycles. The molecule has 0 amide bonds. The maximum Gasteiger partial charge on any atom is 0.145 e. The fourth-order valence-corrected chi connectivity index (χ4v) is 7.25.